The van der Waals surface area contributed by atoms with Crippen LogP contribution >= 0.6 is 0 Å². The number of aromatic nitrogens is 1. The maximum absolute atomic E-state index is 11.3. The number of methoxy groups -OCH3 is 1. The predicted molar refractivity (Wildman–Crippen MR) is 72.8 cm³/mol. The van der Waals surface area contributed by atoms with Crippen molar-refractivity contribution in [2.75, 3.05) is 19.0 Å². The van der Waals surface area contributed by atoms with Crippen LogP contribution in [0.15, 0.2) is 6.07 Å². The number of aryl methyl sites for hydroxylation is 2. The molecule has 1 atom stereocenters. The van der Waals surface area contributed by atoms with Gasteiger partial charge in [-0.15, -0.1) is 0 Å². The van der Waals surface area contributed by atoms with E-state index in [0.717, 1.165) is 36.9 Å². The van der Waals surface area contributed by atoms with Crippen molar-refractivity contribution in [1.29, 1.82) is 0 Å². The molecule has 0 spiro atoms. The Labute approximate surface area is 113 Å². The number of rotatable bonds is 6. The largest absolute Gasteiger partial charge is 0.478 e. The van der Waals surface area contributed by atoms with Crippen LogP contribution in [-0.2, 0) is 17.6 Å². The summed E-state index contributed by atoms with van der Waals surface area (Å²) in [7, 11) is 1.66. The van der Waals surface area contributed by atoms with E-state index in [4.69, 9.17) is 4.74 Å². The minimum Gasteiger partial charge on any atom is -0.478 e. The van der Waals surface area contributed by atoms with Crippen LogP contribution < -0.4 is 5.32 Å². The quantitative estimate of drug-likeness (QED) is 0.823. The molecule has 1 aromatic heterocycles. The van der Waals surface area contributed by atoms with Gasteiger partial charge in [-0.3, -0.25) is 0 Å². The molecule has 0 radical (unpaired) electrons. The third kappa shape index (κ3) is 3.23. The molecule has 1 aliphatic carbocycles. The third-order valence-electron chi connectivity index (χ3n) is 3.42. The number of carboxylic acids is 1. The molecule has 5 heteroatoms. The van der Waals surface area contributed by atoms with Crippen molar-refractivity contribution < 1.29 is 14.6 Å². The number of nitrogens with one attached hydrogen (secondary N) is 1. The van der Waals surface area contributed by atoms with Gasteiger partial charge < -0.3 is 15.2 Å². The maximum Gasteiger partial charge on any atom is 0.339 e. The van der Waals surface area contributed by atoms with Gasteiger partial charge in [-0.2, -0.15) is 0 Å². The Morgan fingerprint density at radius 3 is 3.05 bits per heavy atom. The zero-order valence-corrected chi connectivity index (χ0v) is 11.4. The summed E-state index contributed by atoms with van der Waals surface area (Å²) in [6.45, 7) is 2.64. The van der Waals surface area contributed by atoms with Crippen LogP contribution in [0.4, 0.5) is 5.82 Å². The normalized spacial score (nSPS) is 15.1. The predicted octanol–water partition coefficient (Wildman–Crippen LogP) is 2.11. The van der Waals surface area contributed by atoms with Crippen molar-refractivity contribution in [3.05, 3.63) is 22.9 Å². The Morgan fingerprint density at radius 2 is 2.37 bits per heavy atom. The van der Waals surface area contributed by atoms with Gasteiger partial charge in [-0.1, -0.05) is 0 Å². The molecule has 0 saturated heterocycles. The van der Waals surface area contributed by atoms with E-state index in [-0.39, 0.29) is 11.6 Å². The zero-order valence-electron chi connectivity index (χ0n) is 11.4. The summed E-state index contributed by atoms with van der Waals surface area (Å²) in [5.74, 6) is -0.444. The molecule has 1 aromatic rings. The van der Waals surface area contributed by atoms with Crippen LogP contribution in [0.2, 0.25) is 0 Å². The Morgan fingerprint density at radius 1 is 1.58 bits per heavy atom. The van der Waals surface area contributed by atoms with Gasteiger partial charge in [0.25, 0.3) is 0 Å². The number of carboxylic acid groups (broad SMARTS) is 1. The van der Waals surface area contributed by atoms with Gasteiger partial charge in [0.05, 0.1) is 0 Å². The monoisotopic (exact) mass is 264 g/mol. The second-order valence-corrected chi connectivity index (χ2v) is 4.98. The highest BCUT2D eigenvalue weighted by atomic mass is 16.5. The molecule has 5 nitrogen and oxygen atoms in total. The van der Waals surface area contributed by atoms with Gasteiger partial charge in [0.2, 0.25) is 0 Å². The molecular weight excluding hydrogens is 244 g/mol. The topological polar surface area (TPSA) is 71.5 Å². The first-order valence-electron chi connectivity index (χ1n) is 6.63. The molecule has 0 bridgehead atoms. The number of anilines is 1. The fourth-order valence-corrected chi connectivity index (χ4v) is 2.35. The SMILES string of the molecule is COCCC(C)Nc1nc2c(cc1C(=O)O)CCC2. The number of hydrogen-bond acceptors (Lipinski definition) is 4. The van der Waals surface area contributed by atoms with E-state index in [1.54, 1.807) is 13.2 Å². The van der Waals surface area contributed by atoms with Crippen molar-refractivity contribution in [2.24, 2.45) is 0 Å². The van der Waals surface area contributed by atoms with Crippen molar-refractivity contribution in [1.82, 2.24) is 4.98 Å². The Bertz CT molecular complexity index is 474. The highest BCUT2D eigenvalue weighted by Crippen LogP contribution is 2.25. The maximum atomic E-state index is 11.3. The van der Waals surface area contributed by atoms with Crippen LogP contribution in [0, 0.1) is 0 Å². The summed E-state index contributed by atoms with van der Waals surface area (Å²) in [4.78, 5) is 15.8. The van der Waals surface area contributed by atoms with Crippen molar-refractivity contribution >= 4 is 11.8 Å². The van der Waals surface area contributed by atoms with Crippen molar-refractivity contribution in [3.63, 3.8) is 0 Å². The lowest BCUT2D eigenvalue weighted by atomic mass is 10.1. The number of nitrogens with zero attached hydrogens (tertiary/aromatic N) is 1. The zero-order chi connectivity index (χ0) is 13.8. The second kappa shape index (κ2) is 6.02. The third-order valence-corrected chi connectivity index (χ3v) is 3.42. The first-order valence-corrected chi connectivity index (χ1v) is 6.63. The molecule has 0 amide bonds. The van der Waals surface area contributed by atoms with E-state index in [0.29, 0.717) is 12.4 Å². The molecule has 0 aromatic carbocycles. The van der Waals surface area contributed by atoms with E-state index in [1.165, 1.54) is 0 Å². The van der Waals surface area contributed by atoms with Crippen LogP contribution in [0.5, 0.6) is 0 Å². The minimum absolute atomic E-state index is 0.130. The number of carbonyl (C=O) groups is 1. The standard InChI is InChI=1S/C14H20N2O3/c1-9(6-7-19-2)15-13-11(14(17)18)8-10-4-3-5-12(10)16-13/h8-9H,3-7H2,1-2H3,(H,15,16)(H,17,18). The van der Waals surface area contributed by atoms with Crippen LogP contribution in [0.25, 0.3) is 0 Å². The van der Waals surface area contributed by atoms with E-state index in [9.17, 15) is 9.90 Å². The summed E-state index contributed by atoms with van der Waals surface area (Å²) in [6.07, 6.45) is 3.75. The van der Waals surface area contributed by atoms with E-state index in [2.05, 4.69) is 10.3 Å². The van der Waals surface area contributed by atoms with E-state index >= 15 is 0 Å². The highest BCUT2D eigenvalue weighted by Gasteiger charge is 2.20. The summed E-state index contributed by atoms with van der Waals surface area (Å²) in [5.41, 5.74) is 2.38. The fourth-order valence-electron chi connectivity index (χ4n) is 2.35. The van der Waals surface area contributed by atoms with E-state index in [1.807, 2.05) is 6.92 Å². The van der Waals surface area contributed by atoms with Crippen LogP contribution in [-0.4, -0.2) is 35.8 Å². The molecule has 0 aliphatic heterocycles. The summed E-state index contributed by atoms with van der Waals surface area (Å²) in [5, 5.41) is 12.5. The van der Waals surface area contributed by atoms with E-state index < -0.39 is 5.97 Å². The number of fused-ring (bicyclic) bond motifs is 1. The van der Waals surface area contributed by atoms with Gasteiger partial charge in [-0.25, -0.2) is 9.78 Å². The molecular formula is C14H20N2O3. The molecule has 0 fully saturated rings. The first-order chi connectivity index (χ1) is 9.11. The van der Waals surface area contributed by atoms with Crippen molar-refractivity contribution in [3.8, 4) is 0 Å². The molecule has 1 unspecified atom stereocenters. The number of hydrogen-bond donors (Lipinski definition) is 2. The fraction of sp³-hybridized carbons (Fsp3) is 0.571. The Hall–Kier alpha value is -1.62. The molecule has 104 valence electrons. The number of pyridine rings is 1. The lowest BCUT2D eigenvalue weighted by Gasteiger charge is -2.16. The lowest BCUT2D eigenvalue weighted by molar-refractivity contribution is 0.0697. The summed E-state index contributed by atoms with van der Waals surface area (Å²) in [6, 6.07) is 1.90. The highest BCUT2D eigenvalue weighted by molar-refractivity contribution is 5.93. The number of ether oxygens (including phenoxy) is 1. The minimum atomic E-state index is -0.927. The smallest absolute Gasteiger partial charge is 0.339 e. The Balaban J connectivity index is 2.20. The van der Waals surface area contributed by atoms with Crippen LogP contribution in [0.1, 0.15) is 41.4 Å². The van der Waals surface area contributed by atoms with Gasteiger partial charge in [-0.05, 0) is 44.2 Å². The summed E-state index contributed by atoms with van der Waals surface area (Å²) < 4.78 is 5.03. The van der Waals surface area contributed by atoms with Crippen molar-refractivity contribution in [2.45, 2.75) is 38.6 Å². The van der Waals surface area contributed by atoms with Gasteiger partial charge in [0.15, 0.2) is 0 Å². The summed E-state index contributed by atoms with van der Waals surface area (Å²) >= 11 is 0. The molecule has 2 N–H and O–H groups in total. The first kappa shape index (κ1) is 13.8. The van der Waals surface area contributed by atoms with Gasteiger partial charge in [0, 0.05) is 25.5 Å². The molecule has 19 heavy (non-hydrogen) atoms. The average Bonchev–Trinajstić information content (AvgIpc) is 2.82. The van der Waals surface area contributed by atoms with Gasteiger partial charge in [0.1, 0.15) is 11.4 Å². The molecule has 1 aliphatic rings. The van der Waals surface area contributed by atoms with Gasteiger partial charge >= 0.3 is 5.97 Å². The lowest BCUT2D eigenvalue weighted by Crippen LogP contribution is -2.20. The van der Waals surface area contributed by atoms with Crippen LogP contribution in [0.3, 0.4) is 0 Å². The molecule has 1 heterocycles. The Kier molecular flexibility index (Phi) is 4.37. The molecule has 2 rings (SSSR count). The number of aromatic carboxylic acids is 1. The molecule has 0 saturated carbocycles. The average molecular weight is 264 g/mol. The second-order valence-electron chi connectivity index (χ2n) is 4.98.